The fraction of sp³-hybridized carbons (Fsp3) is 0.231. The monoisotopic (exact) mass is 305 g/mol. The van der Waals surface area contributed by atoms with E-state index in [1.54, 1.807) is 0 Å². The second-order valence-electron chi connectivity index (χ2n) is 4.63. The predicted molar refractivity (Wildman–Crippen MR) is 69.8 cm³/mol. The van der Waals surface area contributed by atoms with Gasteiger partial charge in [0.05, 0.1) is 10.5 Å². The van der Waals surface area contributed by atoms with E-state index >= 15 is 0 Å². The largest absolute Gasteiger partial charge is 0.295 e. The minimum absolute atomic E-state index is 0.283. The molecule has 0 bridgehead atoms. The van der Waals surface area contributed by atoms with Gasteiger partial charge in [0.15, 0.2) is 0 Å². The number of nitrogens with one attached hydrogen (secondary N) is 1. The van der Waals surface area contributed by atoms with Crippen LogP contribution in [-0.4, -0.2) is 39.5 Å². The molecule has 1 N–H and O–H groups in total. The zero-order chi connectivity index (χ0) is 17.8. The lowest BCUT2D eigenvalue weighted by molar-refractivity contribution is -0.385. The van der Waals surface area contributed by atoms with Crippen molar-refractivity contribution < 1.29 is 26.8 Å². The highest BCUT2D eigenvalue weighted by Crippen LogP contribution is 2.33. The van der Waals surface area contributed by atoms with E-state index in [0.717, 1.165) is 6.07 Å². The van der Waals surface area contributed by atoms with Crippen LogP contribution in [0, 0.1) is 10.1 Å². The molecule has 22 heavy (non-hydrogen) atoms. The Morgan fingerprint density at radius 2 is 2.00 bits per heavy atom. The number of nitrogens with zero attached hydrogens (tertiary/aromatic N) is 2. The molecule has 1 aromatic carbocycles. The number of fused-ring (bicyclic) bond motifs is 1. The van der Waals surface area contributed by atoms with Crippen molar-refractivity contribution in [3.63, 3.8) is 0 Å². The number of amides is 4. The Labute approximate surface area is 125 Å². The number of nitro benzene ring substituents is 1. The first-order valence-electron chi connectivity index (χ1n) is 7.14. The van der Waals surface area contributed by atoms with Gasteiger partial charge in [-0.1, -0.05) is 6.07 Å². The molecule has 0 saturated carbocycles. The summed E-state index contributed by atoms with van der Waals surface area (Å²) >= 11 is 0. The number of imide groups is 2. The van der Waals surface area contributed by atoms with Crippen LogP contribution in [0.4, 0.5) is 5.69 Å². The number of rotatable bonds is 2. The molecule has 1 saturated heterocycles. The van der Waals surface area contributed by atoms with Crippen LogP contribution < -0.4 is 5.32 Å². The van der Waals surface area contributed by atoms with Crippen LogP contribution in [0.2, 0.25) is 0 Å². The quantitative estimate of drug-likeness (QED) is 0.465. The first-order valence-corrected chi connectivity index (χ1v) is 6.14. The van der Waals surface area contributed by atoms with E-state index in [2.05, 4.69) is 0 Å². The van der Waals surface area contributed by atoms with E-state index in [9.17, 15) is 29.3 Å². The van der Waals surface area contributed by atoms with Crippen LogP contribution in [0.3, 0.4) is 0 Å². The zero-order valence-electron chi connectivity index (χ0n) is 12.9. The summed E-state index contributed by atoms with van der Waals surface area (Å²) in [5.41, 5.74) is -1.39. The Balaban J connectivity index is 2.12. The SMILES string of the molecule is [2H]C1([2H])CC(=O)NC(=O)C1N1C(=O)c2cccc([N+](=O)[O-])c2C1=O. The Hall–Kier alpha value is -3.10. The second kappa shape index (κ2) is 4.72. The maximum absolute atomic E-state index is 12.5. The van der Waals surface area contributed by atoms with Crippen LogP contribution in [0.15, 0.2) is 18.2 Å². The van der Waals surface area contributed by atoms with Crippen LogP contribution in [0.25, 0.3) is 0 Å². The third-order valence-electron chi connectivity index (χ3n) is 3.35. The van der Waals surface area contributed by atoms with Crippen molar-refractivity contribution in [2.75, 3.05) is 0 Å². The number of carbonyl (C=O) groups is 4. The smallest absolute Gasteiger partial charge is 0.282 e. The van der Waals surface area contributed by atoms with Gasteiger partial charge < -0.3 is 0 Å². The molecule has 2 aliphatic rings. The standard InChI is InChI=1S/C13H9N3O6/c17-9-5-4-8(11(18)14-9)15-12(19)6-2-1-3-7(16(21)22)10(6)13(15)20/h1-3,8H,4-5H2,(H,14,17,18)/i4D2. The Morgan fingerprint density at radius 3 is 2.64 bits per heavy atom. The second-order valence-corrected chi connectivity index (χ2v) is 4.63. The number of carbonyl (C=O) groups excluding carboxylic acids is 4. The lowest BCUT2D eigenvalue weighted by Gasteiger charge is -2.27. The van der Waals surface area contributed by atoms with Crippen molar-refractivity contribution in [1.82, 2.24) is 10.2 Å². The van der Waals surface area contributed by atoms with Crippen molar-refractivity contribution in [3.8, 4) is 0 Å². The molecule has 9 nitrogen and oxygen atoms in total. The van der Waals surface area contributed by atoms with Crippen molar-refractivity contribution in [1.29, 1.82) is 0 Å². The van der Waals surface area contributed by atoms with Gasteiger partial charge in [-0.3, -0.25) is 39.5 Å². The van der Waals surface area contributed by atoms with Gasteiger partial charge in [0.1, 0.15) is 11.6 Å². The molecule has 0 aromatic heterocycles. The molecule has 2 heterocycles. The topological polar surface area (TPSA) is 127 Å². The molecular formula is C13H9N3O6. The van der Waals surface area contributed by atoms with E-state index in [1.165, 1.54) is 12.1 Å². The van der Waals surface area contributed by atoms with Crippen LogP contribution in [0.1, 0.15) is 36.3 Å². The van der Waals surface area contributed by atoms with Gasteiger partial charge in [-0.15, -0.1) is 0 Å². The van der Waals surface area contributed by atoms with E-state index in [1.807, 2.05) is 5.32 Å². The maximum Gasteiger partial charge on any atom is 0.282 e. The van der Waals surface area contributed by atoms with Crippen LogP contribution >= 0.6 is 0 Å². The highest BCUT2D eigenvalue weighted by molar-refractivity contribution is 6.25. The summed E-state index contributed by atoms with van der Waals surface area (Å²) in [7, 11) is 0. The molecule has 1 unspecified atom stereocenters. The lowest BCUT2D eigenvalue weighted by Crippen LogP contribution is -2.54. The first kappa shape index (κ1) is 11.5. The molecule has 2 aliphatic heterocycles. The predicted octanol–water partition coefficient (Wildman–Crippen LogP) is -0.00400. The van der Waals surface area contributed by atoms with Gasteiger partial charge >= 0.3 is 0 Å². The van der Waals surface area contributed by atoms with E-state index in [-0.39, 0.29) is 5.56 Å². The molecule has 1 fully saturated rings. The molecule has 112 valence electrons. The van der Waals surface area contributed by atoms with Crippen molar-refractivity contribution in [3.05, 3.63) is 39.4 Å². The minimum atomic E-state index is -2.48. The average Bonchev–Trinajstić information content (AvgIpc) is 2.70. The summed E-state index contributed by atoms with van der Waals surface area (Å²) in [6, 6.07) is 1.55. The third kappa shape index (κ3) is 1.86. The number of hydrogen-bond donors (Lipinski definition) is 1. The van der Waals surface area contributed by atoms with Crippen molar-refractivity contribution in [2.24, 2.45) is 0 Å². The Bertz CT molecular complexity index is 837. The highest BCUT2D eigenvalue weighted by atomic mass is 16.6. The molecule has 9 heteroatoms. The normalized spacial score (nSPS) is 24.5. The van der Waals surface area contributed by atoms with Crippen molar-refractivity contribution in [2.45, 2.75) is 18.8 Å². The van der Waals surface area contributed by atoms with Gasteiger partial charge in [0, 0.05) is 15.2 Å². The number of nitro groups is 1. The molecule has 0 radical (unpaired) electrons. The molecule has 1 atom stereocenters. The minimum Gasteiger partial charge on any atom is -0.295 e. The van der Waals surface area contributed by atoms with Gasteiger partial charge in [-0.2, -0.15) is 0 Å². The molecular weight excluding hydrogens is 294 g/mol. The highest BCUT2D eigenvalue weighted by Gasteiger charge is 2.47. The van der Waals surface area contributed by atoms with E-state index in [4.69, 9.17) is 2.74 Å². The average molecular weight is 305 g/mol. The van der Waals surface area contributed by atoms with Crippen LogP contribution in [-0.2, 0) is 9.59 Å². The summed E-state index contributed by atoms with van der Waals surface area (Å²) in [5.74, 6) is -4.17. The number of hydrogen-bond acceptors (Lipinski definition) is 6. The van der Waals surface area contributed by atoms with Gasteiger partial charge in [0.25, 0.3) is 17.5 Å². The lowest BCUT2D eigenvalue weighted by atomic mass is 10.0. The van der Waals surface area contributed by atoms with E-state index in [0.29, 0.717) is 4.90 Å². The summed E-state index contributed by atoms with van der Waals surface area (Å²) in [4.78, 5) is 58.9. The van der Waals surface area contributed by atoms with Gasteiger partial charge in [-0.05, 0) is 12.4 Å². The summed E-state index contributed by atoms with van der Waals surface area (Å²) in [5, 5.41) is 12.9. The van der Waals surface area contributed by atoms with Crippen molar-refractivity contribution >= 4 is 29.3 Å². The molecule has 3 rings (SSSR count). The first-order chi connectivity index (χ1) is 11.1. The van der Waals surface area contributed by atoms with Gasteiger partial charge in [0.2, 0.25) is 11.8 Å². The molecule has 0 spiro atoms. The molecule has 4 amide bonds. The Morgan fingerprint density at radius 1 is 1.27 bits per heavy atom. The maximum atomic E-state index is 12.5. The zero-order valence-corrected chi connectivity index (χ0v) is 10.9. The Kier molecular flexibility index (Phi) is 2.48. The summed E-state index contributed by atoms with van der Waals surface area (Å²) < 4.78 is 15.7. The fourth-order valence-electron chi connectivity index (χ4n) is 2.41. The number of piperidine rings is 1. The fourth-order valence-corrected chi connectivity index (χ4v) is 2.41. The van der Waals surface area contributed by atoms with E-state index < -0.39 is 58.6 Å². The number of benzene rings is 1. The summed E-state index contributed by atoms with van der Waals surface area (Å²) in [6.45, 7) is 0. The van der Waals surface area contributed by atoms with Crippen LogP contribution in [0.5, 0.6) is 0 Å². The third-order valence-corrected chi connectivity index (χ3v) is 3.35. The summed E-state index contributed by atoms with van der Waals surface area (Å²) in [6.07, 6.45) is -3.21. The molecule has 0 aliphatic carbocycles. The molecule has 1 aromatic rings. The van der Waals surface area contributed by atoms with Gasteiger partial charge in [-0.25, -0.2) is 0 Å².